The highest BCUT2D eigenvalue weighted by Gasteiger charge is 2.27. The Balaban J connectivity index is -0.000000205. The maximum Gasteiger partial charge on any atom is 0.333 e. The van der Waals surface area contributed by atoms with Gasteiger partial charge in [-0.1, -0.05) is 26.3 Å². The second-order valence-corrected chi connectivity index (χ2v) is 7.18. The fourth-order valence-electron chi connectivity index (χ4n) is 1.31. The third kappa shape index (κ3) is 23.4. The van der Waals surface area contributed by atoms with Gasteiger partial charge >= 0.3 is 23.9 Å². The van der Waals surface area contributed by atoms with Gasteiger partial charge < -0.3 is 35.4 Å². The molecule has 0 aromatic carbocycles. The molecule has 0 atom stereocenters. The molecule has 0 amide bonds. The zero-order chi connectivity index (χ0) is 28.1. The summed E-state index contributed by atoms with van der Waals surface area (Å²) in [5.74, 6) is -3.26. The van der Waals surface area contributed by atoms with E-state index in [9.17, 15) is 19.2 Å². The van der Waals surface area contributed by atoms with E-state index in [0.29, 0.717) is 24.8 Å². The van der Waals surface area contributed by atoms with E-state index in [0.717, 1.165) is 0 Å². The lowest BCUT2D eigenvalue weighted by Crippen LogP contribution is -2.33. The lowest BCUT2D eigenvalue weighted by molar-refractivity contribution is -0.136. The van der Waals surface area contributed by atoms with Crippen LogP contribution in [0, 0.1) is 5.41 Å². The standard InChI is InChI=1S/C11H20O5.3C4H6O2/c1-9(10(15)16-2)4-3-5-11(6-12,7-13)8-14;3*1-3(2)4(5)6/h12-14H,1,3-8H2,2H3;3*1H2,2H3,(H,5,6). The van der Waals surface area contributed by atoms with Crippen molar-refractivity contribution in [3.05, 3.63) is 48.6 Å². The van der Waals surface area contributed by atoms with Gasteiger partial charge in [0.2, 0.25) is 0 Å². The van der Waals surface area contributed by atoms with Crippen molar-refractivity contribution in [1.29, 1.82) is 0 Å². The molecule has 0 radical (unpaired) electrons. The summed E-state index contributed by atoms with van der Waals surface area (Å²) in [6.07, 6.45) is 1.40. The maximum absolute atomic E-state index is 11.0. The summed E-state index contributed by atoms with van der Waals surface area (Å²) in [6.45, 7) is 16.5. The first-order valence-electron chi connectivity index (χ1n) is 9.73. The lowest BCUT2D eigenvalue weighted by Gasteiger charge is -2.27. The van der Waals surface area contributed by atoms with E-state index in [2.05, 4.69) is 31.1 Å². The summed E-state index contributed by atoms with van der Waals surface area (Å²) in [6, 6.07) is 0. The van der Waals surface area contributed by atoms with E-state index < -0.39 is 29.3 Å². The van der Waals surface area contributed by atoms with Crippen LogP contribution in [-0.4, -0.2) is 81.4 Å². The van der Waals surface area contributed by atoms with Crippen LogP contribution in [0.3, 0.4) is 0 Å². The number of aliphatic hydroxyl groups is 3. The number of carboxylic acids is 3. The van der Waals surface area contributed by atoms with Crippen LogP contribution in [-0.2, 0) is 23.9 Å². The molecular formula is C23H38O11. The van der Waals surface area contributed by atoms with Crippen LogP contribution in [0.4, 0.5) is 0 Å². The van der Waals surface area contributed by atoms with E-state index in [1.807, 2.05) is 0 Å². The van der Waals surface area contributed by atoms with E-state index in [4.69, 9.17) is 30.6 Å². The summed E-state index contributed by atoms with van der Waals surface area (Å²) in [5.41, 5.74) is 0.00126. The van der Waals surface area contributed by atoms with Crippen molar-refractivity contribution < 1.29 is 54.6 Å². The van der Waals surface area contributed by atoms with E-state index in [-0.39, 0.29) is 36.5 Å². The van der Waals surface area contributed by atoms with Crippen LogP contribution < -0.4 is 0 Å². The molecule has 34 heavy (non-hydrogen) atoms. The number of aliphatic carboxylic acids is 3. The molecule has 11 heteroatoms. The number of ether oxygens (including phenoxy) is 1. The molecule has 0 fully saturated rings. The Morgan fingerprint density at radius 2 is 0.971 bits per heavy atom. The molecule has 0 rings (SSSR count). The van der Waals surface area contributed by atoms with Crippen LogP contribution in [0.1, 0.15) is 40.0 Å². The zero-order valence-corrected chi connectivity index (χ0v) is 20.3. The van der Waals surface area contributed by atoms with Gasteiger partial charge in [0.1, 0.15) is 0 Å². The number of hydrogen-bond acceptors (Lipinski definition) is 8. The fraction of sp³-hybridized carbons (Fsp3) is 0.478. The average molecular weight is 491 g/mol. The molecule has 0 aliphatic carbocycles. The molecule has 11 nitrogen and oxygen atoms in total. The van der Waals surface area contributed by atoms with Gasteiger partial charge in [0.05, 0.1) is 26.9 Å². The van der Waals surface area contributed by atoms with Gasteiger partial charge in [-0.05, 0) is 40.0 Å². The summed E-state index contributed by atoms with van der Waals surface area (Å²) in [5, 5.41) is 50.9. The molecule has 0 unspecified atom stereocenters. The topological polar surface area (TPSA) is 199 Å². The van der Waals surface area contributed by atoms with Gasteiger partial charge in [-0.3, -0.25) is 0 Å². The van der Waals surface area contributed by atoms with Gasteiger partial charge in [0.25, 0.3) is 0 Å². The average Bonchev–Trinajstić information content (AvgIpc) is 2.77. The molecule has 0 spiro atoms. The summed E-state index contributed by atoms with van der Waals surface area (Å²) in [4.78, 5) is 39.8. The normalized spacial score (nSPS) is 9.26. The maximum atomic E-state index is 11.0. The minimum atomic E-state index is -0.935. The predicted molar refractivity (Wildman–Crippen MR) is 126 cm³/mol. The molecule has 0 saturated heterocycles. The molecule has 0 aliphatic heterocycles. The first-order chi connectivity index (χ1) is 15.5. The van der Waals surface area contributed by atoms with Crippen molar-refractivity contribution in [2.24, 2.45) is 5.41 Å². The highest BCUT2D eigenvalue weighted by molar-refractivity contribution is 5.87. The smallest absolute Gasteiger partial charge is 0.333 e. The number of carbonyl (C=O) groups excluding carboxylic acids is 1. The molecule has 0 heterocycles. The molecule has 0 aromatic heterocycles. The van der Waals surface area contributed by atoms with E-state index in [1.165, 1.54) is 27.9 Å². The number of methoxy groups -OCH3 is 1. The Morgan fingerprint density at radius 3 is 1.15 bits per heavy atom. The number of carbonyl (C=O) groups is 4. The molecule has 196 valence electrons. The second-order valence-electron chi connectivity index (χ2n) is 7.18. The zero-order valence-electron chi connectivity index (χ0n) is 20.3. The summed E-state index contributed by atoms with van der Waals surface area (Å²) >= 11 is 0. The van der Waals surface area contributed by atoms with Crippen LogP contribution in [0.15, 0.2) is 48.6 Å². The first kappa shape index (κ1) is 38.0. The number of esters is 1. The van der Waals surface area contributed by atoms with Gasteiger partial charge in [0.15, 0.2) is 0 Å². The highest BCUT2D eigenvalue weighted by atomic mass is 16.5. The van der Waals surface area contributed by atoms with Crippen molar-refractivity contribution in [2.75, 3.05) is 26.9 Å². The van der Waals surface area contributed by atoms with Crippen molar-refractivity contribution >= 4 is 23.9 Å². The molecule has 0 saturated carbocycles. The monoisotopic (exact) mass is 490 g/mol. The van der Waals surface area contributed by atoms with Gasteiger partial charge in [-0.15, -0.1) is 0 Å². The molecular weight excluding hydrogens is 452 g/mol. The quantitative estimate of drug-likeness (QED) is 0.182. The molecule has 0 bridgehead atoms. The predicted octanol–water partition coefficient (Wildman–Crippen LogP) is 1.79. The summed E-state index contributed by atoms with van der Waals surface area (Å²) < 4.78 is 4.49. The third-order valence-electron chi connectivity index (χ3n) is 3.76. The van der Waals surface area contributed by atoms with Crippen LogP contribution in [0.2, 0.25) is 0 Å². The van der Waals surface area contributed by atoms with Gasteiger partial charge in [0, 0.05) is 27.7 Å². The highest BCUT2D eigenvalue weighted by Crippen LogP contribution is 2.24. The van der Waals surface area contributed by atoms with Crippen LogP contribution in [0.25, 0.3) is 0 Å². The largest absolute Gasteiger partial charge is 0.478 e. The van der Waals surface area contributed by atoms with E-state index >= 15 is 0 Å². The second kappa shape index (κ2) is 21.6. The van der Waals surface area contributed by atoms with Crippen molar-refractivity contribution in [3.63, 3.8) is 0 Å². The third-order valence-corrected chi connectivity index (χ3v) is 3.76. The van der Waals surface area contributed by atoms with Gasteiger partial charge in [-0.25, -0.2) is 19.2 Å². The Morgan fingerprint density at radius 1 is 0.706 bits per heavy atom. The Bertz CT molecular complexity index is 615. The Hall–Kier alpha value is -3.28. The van der Waals surface area contributed by atoms with Crippen LogP contribution in [0.5, 0.6) is 0 Å². The fourth-order valence-corrected chi connectivity index (χ4v) is 1.31. The Kier molecular flexibility index (Phi) is 24.1. The van der Waals surface area contributed by atoms with Crippen LogP contribution >= 0.6 is 0 Å². The van der Waals surface area contributed by atoms with E-state index in [1.54, 1.807) is 0 Å². The SMILES string of the molecule is C=C(C)C(=O)O.C=C(C)C(=O)O.C=C(C)C(=O)O.C=C(CCCC(CO)(CO)CO)C(=O)OC. The lowest BCUT2D eigenvalue weighted by atomic mass is 9.85. The van der Waals surface area contributed by atoms with Crippen molar-refractivity contribution in [2.45, 2.75) is 40.0 Å². The number of aliphatic hydroxyl groups excluding tert-OH is 3. The molecule has 6 N–H and O–H groups in total. The molecule has 0 aliphatic rings. The van der Waals surface area contributed by atoms with Gasteiger partial charge in [-0.2, -0.15) is 0 Å². The Labute approximate surface area is 200 Å². The first-order valence-corrected chi connectivity index (χ1v) is 9.73. The van der Waals surface area contributed by atoms with Crippen molar-refractivity contribution in [3.8, 4) is 0 Å². The minimum absolute atomic E-state index is 0.176. The van der Waals surface area contributed by atoms with Crippen molar-refractivity contribution in [1.82, 2.24) is 0 Å². The summed E-state index contributed by atoms with van der Waals surface area (Å²) in [7, 11) is 1.28. The number of hydrogen-bond donors (Lipinski definition) is 6. The molecule has 0 aromatic rings. The number of carboxylic acid groups (broad SMARTS) is 3. The number of rotatable bonds is 11. The minimum Gasteiger partial charge on any atom is -0.478 e.